The second-order valence-electron chi connectivity index (χ2n) is 4.32. The predicted octanol–water partition coefficient (Wildman–Crippen LogP) is 1.38. The van der Waals surface area contributed by atoms with Gasteiger partial charge in [-0.15, -0.1) is 0 Å². The number of nitrogens with zero attached hydrogens (tertiary/aromatic N) is 1. The SMILES string of the molecule is CN(CCCCCC(=O)NN)c1ccc(O)cc1. The van der Waals surface area contributed by atoms with Gasteiger partial charge in [-0.1, -0.05) is 6.42 Å². The standard InChI is InChI=1S/C13H21N3O2/c1-16(11-6-8-12(17)9-7-11)10-4-2-3-5-13(18)15-14/h6-9,17H,2-5,10,14H2,1H3,(H,15,18). The van der Waals surface area contributed by atoms with Gasteiger partial charge in [-0.2, -0.15) is 0 Å². The third-order valence-corrected chi connectivity index (χ3v) is 2.85. The Labute approximate surface area is 108 Å². The first kappa shape index (κ1) is 14.3. The first-order valence-corrected chi connectivity index (χ1v) is 6.13. The van der Waals surface area contributed by atoms with Crippen molar-refractivity contribution in [2.24, 2.45) is 5.84 Å². The molecule has 1 amide bonds. The number of rotatable bonds is 7. The number of amides is 1. The van der Waals surface area contributed by atoms with Crippen LogP contribution in [0.5, 0.6) is 5.75 Å². The number of unbranched alkanes of at least 4 members (excludes halogenated alkanes) is 2. The molecule has 18 heavy (non-hydrogen) atoms. The minimum Gasteiger partial charge on any atom is -0.508 e. The number of carbonyl (C=O) groups is 1. The minimum atomic E-state index is -0.109. The van der Waals surface area contributed by atoms with E-state index in [2.05, 4.69) is 10.3 Å². The number of nitrogens with one attached hydrogen (secondary N) is 1. The normalized spacial score (nSPS) is 10.1. The predicted molar refractivity (Wildman–Crippen MR) is 72.2 cm³/mol. The molecule has 1 rings (SSSR count). The molecular weight excluding hydrogens is 230 g/mol. The zero-order valence-electron chi connectivity index (χ0n) is 10.7. The first-order valence-electron chi connectivity index (χ1n) is 6.13. The van der Waals surface area contributed by atoms with Crippen LogP contribution in [0, 0.1) is 0 Å². The van der Waals surface area contributed by atoms with Gasteiger partial charge >= 0.3 is 0 Å². The highest BCUT2D eigenvalue weighted by Crippen LogP contribution is 2.17. The molecule has 4 N–H and O–H groups in total. The Morgan fingerprint density at radius 1 is 1.28 bits per heavy atom. The van der Waals surface area contributed by atoms with Crippen molar-refractivity contribution in [3.63, 3.8) is 0 Å². The van der Waals surface area contributed by atoms with Crippen molar-refractivity contribution in [1.29, 1.82) is 0 Å². The number of hydrogen-bond donors (Lipinski definition) is 3. The molecule has 0 spiro atoms. The van der Waals surface area contributed by atoms with Crippen LogP contribution in [0.2, 0.25) is 0 Å². The zero-order chi connectivity index (χ0) is 13.4. The molecule has 0 aliphatic carbocycles. The Kier molecular flexibility index (Phi) is 6.00. The molecule has 0 saturated heterocycles. The quantitative estimate of drug-likeness (QED) is 0.296. The summed E-state index contributed by atoms with van der Waals surface area (Å²) in [5, 5.41) is 9.19. The number of carbonyl (C=O) groups excluding carboxylic acids is 1. The van der Waals surface area contributed by atoms with Gasteiger partial charge in [0.05, 0.1) is 0 Å². The van der Waals surface area contributed by atoms with E-state index in [1.165, 1.54) is 0 Å². The second-order valence-corrected chi connectivity index (χ2v) is 4.32. The van der Waals surface area contributed by atoms with E-state index in [-0.39, 0.29) is 11.7 Å². The van der Waals surface area contributed by atoms with Gasteiger partial charge in [-0.3, -0.25) is 10.2 Å². The lowest BCUT2D eigenvalue weighted by Gasteiger charge is -2.19. The summed E-state index contributed by atoms with van der Waals surface area (Å²) >= 11 is 0. The molecule has 1 aromatic rings. The maximum atomic E-state index is 10.9. The van der Waals surface area contributed by atoms with E-state index < -0.39 is 0 Å². The number of hydrazine groups is 1. The summed E-state index contributed by atoms with van der Waals surface area (Å²) < 4.78 is 0. The molecule has 5 nitrogen and oxygen atoms in total. The summed E-state index contributed by atoms with van der Waals surface area (Å²) in [5.74, 6) is 5.16. The van der Waals surface area contributed by atoms with Crippen molar-refractivity contribution >= 4 is 11.6 Å². The Balaban J connectivity index is 2.19. The van der Waals surface area contributed by atoms with Gasteiger partial charge in [0, 0.05) is 25.7 Å². The summed E-state index contributed by atoms with van der Waals surface area (Å²) in [6, 6.07) is 7.13. The van der Waals surface area contributed by atoms with Gasteiger partial charge in [0.1, 0.15) is 5.75 Å². The van der Waals surface area contributed by atoms with Crippen LogP contribution < -0.4 is 16.2 Å². The highest BCUT2D eigenvalue weighted by atomic mass is 16.3. The van der Waals surface area contributed by atoms with Crippen LogP contribution >= 0.6 is 0 Å². The zero-order valence-corrected chi connectivity index (χ0v) is 10.7. The summed E-state index contributed by atoms with van der Waals surface area (Å²) in [6.07, 6.45) is 3.36. The Hall–Kier alpha value is -1.75. The van der Waals surface area contributed by atoms with Gasteiger partial charge in [-0.25, -0.2) is 5.84 Å². The summed E-state index contributed by atoms with van der Waals surface area (Å²) in [7, 11) is 2.01. The van der Waals surface area contributed by atoms with Gasteiger partial charge in [0.2, 0.25) is 5.91 Å². The number of hydrogen-bond acceptors (Lipinski definition) is 4. The molecule has 100 valence electrons. The van der Waals surface area contributed by atoms with E-state index in [9.17, 15) is 9.90 Å². The summed E-state index contributed by atoms with van der Waals surface area (Å²) in [5.41, 5.74) is 3.20. The lowest BCUT2D eigenvalue weighted by molar-refractivity contribution is -0.121. The minimum absolute atomic E-state index is 0.109. The van der Waals surface area contributed by atoms with Crippen LogP contribution in [0.1, 0.15) is 25.7 Å². The largest absolute Gasteiger partial charge is 0.508 e. The second kappa shape index (κ2) is 7.55. The van der Waals surface area contributed by atoms with Crippen LogP contribution in [0.15, 0.2) is 24.3 Å². The van der Waals surface area contributed by atoms with Crippen LogP contribution in [-0.2, 0) is 4.79 Å². The van der Waals surface area contributed by atoms with Crippen LogP contribution in [0.4, 0.5) is 5.69 Å². The molecular formula is C13H21N3O2. The highest BCUT2D eigenvalue weighted by molar-refractivity contribution is 5.75. The highest BCUT2D eigenvalue weighted by Gasteiger charge is 2.01. The third kappa shape index (κ3) is 5.05. The van der Waals surface area contributed by atoms with Gasteiger partial charge in [-0.05, 0) is 37.1 Å². The third-order valence-electron chi connectivity index (χ3n) is 2.85. The molecule has 0 atom stereocenters. The lowest BCUT2D eigenvalue weighted by atomic mass is 10.2. The first-order chi connectivity index (χ1) is 8.63. The van der Waals surface area contributed by atoms with E-state index in [1.807, 2.05) is 19.2 Å². The molecule has 0 heterocycles. The molecule has 0 saturated carbocycles. The lowest BCUT2D eigenvalue weighted by Crippen LogP contribution is -2.29. The smallest absolute Gasteiger partial charge is 0.233 e. The number of benzene rings is 1. The van der Waals surface area contributed by atoms with Gasteiger partial charge in [0.15, 0.2) is 0 Å². The Morgan fingerprint density at radius 3 is 2.56 bits per heavy atom. The molecule has 0 bridgehead atoms. The van der Waals surface area contributed by atoms with E-state index in [1.54, 1.807) is 12.1 Å². The fraction of sp³-hybridized carbons (Fsp3) is 0.462. The summed E-state index contributed by atoms with van der Waals surface area (Å²) in [6.45, 7) is 0.926. The number of nitrogens with two attached hydrogens (primary N) is 1. The number of phenols is 1. The number of anilines is 1. The maximum Gasteiger partial charge on any atom is 0.233 e. The van der Waals surface area contributed by atoms with Gasteiger partial charge in [0.25, 0.3) is 0 Å². The molecule has 1 aromatic carbocycles. The van der Waals surface area contributed by atoms with Crippen molar-refractivity contribution in [2.45, 2.75) is 25.7 Å². The molecule has 0 fully saturated rings. The van der Waals surface area contributed by atoms with E-state index >= 15 is 0 Å². The molecule has 0 aliphatic heterocycles. The summed E-state index contributed by atoms with van der Waals surface area (Å²) in [4.78, 5) is 13.0. The molecule has 0 radical (unpaired) electrons. The van der Waals surface area contributed by atoms with Crippen LogP contribution in [0.3, 0.4) is 0 Å². The average molecular weight is 251 g/mol. The fourth-order valence-corrected chi connectivity index (χ4v) is 1.72. The van der Waals surface area contributed by atoms with Crippen molar-refractivity contribution in [3.05, 3.63) is 24.3 Å². The van der Waals surface area contributed by atoms with Crippen molar-refractivity contribution < 1.29 is 9.90 Å². The van der Waals surface area contributed by atoms with E-state index in [4.69, 9.17) is 5.84 Å². The number of phenolic OH excluding ortho intramolecular Hbond substituents is 1. The Bertz CT molecular complexity index is 365. The van der Waals surface area contributed by atoms with Crippen molar-refractivity contribution in [2.75, 3.05) is 18.5 Å². The molecule has 5 heteroatoms. The van der Waals surface area contributed by atoms with E-state index in [0.29, 0.717) is 6.42 Å². The fourth-order valence-electron chi connectivity index (χ4n) is 1.72. The number of aromatic hydroxyl groups is 1. The van der Waals surface area contributed by atoms with Crippen LogP contribution in [-0.4, -0.2) is 24.6 Å². The van der Waals surface area contributed by atoms with E-state index in [0.717, 1.165) is 31.5 Å². The monoisotopic (exact) mass is 251 g/mol. The van der Waals surface area contributed by atoms with Crippen molar-refractivity contribution in [3.8, 4) is 5.75 Å². The van der Waals surface area contributed by atoms with Gasteiger partial charge < -0.3 is 10.0 Å². The molecule has 0 aliphatic rings. The Morgan fingerprint density at radius 2 is 1.94 bits per heavy atom. The molecule has 0 aromatic heterocycles. The van der Waals surface area contributed by atoms with Crippen molar-refractivity contribution in [1.82, 2.24) is 5.43 Å². The average Bonchev–Trinajstić information content (AvgIpc) is 2.38. The topological polar surface area (TPSA) is 78.6 Å². The molecule has 0 unspecified atom stereocenters. The maximum absolute atomic E-state index is 10.9. The van der Waals surface area contributed by atoms with Crippen LogP contribution in [0.25, 0.3) is 0 Å².